The van der Waals surface area contributed by atoms with Crippen LogP contribution in [0.3, 0.4) is 0 Å². The highest BCUT2D eigenvalue weighted by molar-refractivity contribution is 7.88. The maximum absolute atomic E-state index is 12.3. The van der Waals surface area contributed by atoms with Crippen LogP contribution in [-0.2, 0) is 28.6 Å². The fourth-order valence-electron chi connectivity index (χ4n) is 2.71. The maximum atomic E-state index is 12.3. The van der Waals surface area contributed by atoms with Crippen LogP contribution >= 0.6 is 11.3 Å². The van der Waals surface area contributed by atoms with Crippen molar-refractivity contribution < 1.29 is 8.42 Å². The molecule has 1 heterocycles. The molecule has 6 heteroatoms. The third-order valence-electron chi connectivity index (χ3n) is 3.79. The third kappa shape index (κ3) is 3.74. The van der Waals surface area contributed by atoms with Crippen LogP contribution in [0.4, 0.5) is 0 Å². The van der Waals surface area contributed by atoms with Gasteiger partial charge in [0, 0.05) is 4.88 Å². The Kier molecular flexibility index (Phi) is 4.61. The minimum absolute atomic E-state index is 0.00324. The van der Waals surface area contributed by atoms with E-state index in [9.17, 15) is 8.42 Å². The monoisotopic (exact) mass is 336 g/mol. The van der Waals surface area contributed by atoms with Crippen molar-refractivity contribution in [2.45, 2.75) is 44.4 Å². The normalized spacial score (nSPS) is 16.2. The van der Waals surface area contributed by atoms with E-state index in [0.29, 0.717) is 0 Å². The number of thiazole rings is 1. The van der Waals surface area contributed by atoms with E-state index in [0.717, 1.165) is 23.4 Å². The van der Waals surface area contributed by atoms with Gasteiger partial charge in [0.25, 0.3) is 0 Å². The quantitative estimate of drug-likeness (QED) is 0.912. The van der Waals surface area contributed by atoms with Crippen LogP contribution in [0, 0.1) is 0 Å². The zero-order chi connectivity index (χ0) is 15.6. The molecular formula is C16H20N2O2S2. The number of fused-ring (bicyclic) bond motifs is 1. The highest BCUT2D eigenvalue weighted by Gasteiger charge is 2.22. The van der Waals surface area contributed by atoms with E-state index in [1.54, 1.807) is 11.3 Å². The van der Waals surface area contributed by atoms with Crippen molar-refractivity contribution >= 4 is 21.4 Å². The SMILES string of the molecule is C[C@@H](NS(=O)(=O)Cc1ccccc1)c1nc2c(s1)CCCC2. The van der Waals surface area contributed by atoms with Crippen LogP contribution in [0.15, 0.2) is 30.3 Å². The summed E-state index contributed by atoms with van der Waals surface area (Å²) in [6.07, 6.45) is 4.50. The van der Waals surface area contributed by atoms with Crippen molar-refractivity contribution in [3.8, 4) is 0 Å². The number of nitrogens with one attached hydrogen (secondary N) is 1. The Morgan fingerprint density at radius 3 is 2.68 bits per heavy atom. The van der Waals surface area contributed by atoms with Crippen molar-refractivity contribution in [2.24, 2.45) is 0 Å². The second-order valence-electron chi connectivity index (χ2n) is 5.71. The van der Waals surface area contributed by atoms with Gasteiger partial charge < -0.3 is 0 Å². The van der Waals surface area contributed by atoms with Crippen LogP contribution in [0.2, 0.25) is 0 Å². The van der Waals surface area contributed by atoms with Crippen molar-refractivity contribution in [3.63, 3.8) is 0 Å². The second-order valence-corrected chi connectivity index (χ2v) is 8.58. The Morgan fingerprint density at radius 1 is 1.23 bits per heavy atom. The van der Waals surface area contributed by atoms with Gasteiger partial charge >= 0.3 is 0 Å². The maximum Gasteiger partial charge on any atom is 0.216 e. The molecule has 2 aromatic rings. The molecule has 3 rings (SSSR count). The second kappa shape index (κ2) is 6.48. The van der Waals surface area contributed by atoms with Crippen molar-refractivity contribution in [1.29, 1.82) is 0 Å². The van der Waals surface area contributed by atoms with Crippen molar-refractivity contribution in [1.82, 2.24) is 9.71 Å². The molecule has 0 bridgehead atoms. The van der Waals surface area contributed by atoms with Crippen LogP contribution in [-0.4, -0.2) is 13.4 Å². The Morgan fingerprint density at radius 2 is 1.95 bits per heavy atom. The Bertz CT molecular complexity index is 715. The molecular weight excluding hydrogens is 316 g/mol. The number of sulfonamides is 1. The third-order valence-corrected chi connectivity index (χ3v) is 6.55. The van der Waals surface area contributed by atoms with Gasteiger partial charge in [-0.1, -0.05) is 30.3 Å². The summed E-state index contributed by atoms with van der Waals surface area (Å²) >= 11 is 1.65. The predicted molar refractivity (Wildman–Crippen MR) is 89.4 cm³/mol. The number of aryl methyl sites for hydroxylation is 2. The first-order chi connectivity index (χ1) is 10.5. The van der Waals surface area contributed by atoms with Gasteiger partial charge in [-0.2, -0.15) is 0 Å². The van der Waals surface area contributed by atoms with E-state index in [2.05, 4.69) is 9.71 Å². The first kappa shape index (κ1) is 15.6. The highest BCUT2D eigenvalue weighted by atomic mass is 32.2. The predicted octanol–water partition coefficient (Wildman–Crippen LogP) is 3.20. The number of nitrogens with zero attached hydrogens (tertiary/aromatic N) is 1. The van der Waals surface area contributed by atoms with Crippen molar-refractivity contribution in [2.75, 3.05) is 0 Å². The fraction of sp³-hybridized carbons (Fsp3) is 0.438. The molecule has 1 atom stereocenters. The van der Waals surface area contributed by atoms with Gasteiger partial charge in [0.05, 0.1) is 17.5 Å². The summed E-state index contributed by atoms with van der Waals surface area (Å²) in [5, 5.41) is 0.878. The fourth-order valence-corrected chi connectivity index (χ4v) is 5.31. The summed E-state index contributed by atoms with van der Waals surface area (Å²) in [5.41, 5.74) is 1.96. The Hall–Kier alpha value is -1.24. The lowest BCUT2D eigenvalue weighted by Gasteiger charge is -2.12. The van der Waals surface area contributed by atoms with Gasteiger partial charge in [0.15, 0.2) is 0 Å². The van der Waals surface area contributed by atoms with Gasteiger partial charge in [-0.05, 0) is 38.2 Å². The smallest absolute Gasteiger partial charge is 0.216 e. The summed E-state index contributed by atoms with van der Waals surface area (Å²) in [6, 6.07) is 8.96. The standard InChI is InChI=1S/C16H20N2O2S2/c1-12(16-17-14-9-5-6-10-15(14)21-16)18-22(19,20)11-13-7-3-2-4-8-13/h2-4,7-8,12,18H,5-6,9-11H2,1H3/t12-/m1/s1. The summed E-state index contributed by atoms with van der Waals surface area (Å²) in [4.78, 5) is 5.96. The summed E-state index contributed by atoms with van der Waals surface area (Å²) in [5.74, 6) is 0.00324. The first-order valence-corrected chi connectivity index (χ1v) is 10.0. The van der Waals surface area contributed by atoms with E-state index < -0.39 is 10.0 Å². The molecule has 22 heavy (non-hydrogen) atoms. The summed E-state index contributed by atoms with van der Waals surface area (Å²) in [7, 11) is -3.37. The summed E-state index contributed by atoms with van der Waals surface area (Å²) in [6.45, 7) is 1.87. The minimum Gasteiger partial charge on any atom is -0.244 e. The molecule has 118 valence electrons. The molecule has 1 aromatic heterocycles. The van der Waals surface area contributed by atoms with Gasteiger partial charge in [-0.25, -0.2) is 18.1 Å². The molecule has 4 nitrogen and oxygen atoms in total. The van der Waals surface area contributed by atoms with Gasteiger partial charge in [-0.15, -0.1) is 11.3 Å². The number of hydrogen-bond acceptors (Lipinski definition) is 4. The molecule has 0 unspecified atom stereocenters. The lowest BCUT2D eigenvalue weighted by atomic mass is 10.0. The molecule has 0 spiro atoms. The Balaban J connectivity index is 1.70. The summed E-state index contributed by atoms with van der Waals surface area (Å²) < 4.78 is 27.3. The largest absolute Gasteiger partial charge is 0.244 e. The van der Waals surface area contributed by atoms with E-state index in [4.69, 9.17) is 0 Å². The van der Waals surface area contributed by atoms with Gasteiger partial charge in [0.1, 0.15) is 5.01 Å². The molecule has 0 saturated heterocycles. The number of hydrogen-bond donors (Lipinski definition) is 1. The highest BCUT2D eigenvalue weighted by Crippen LogP contribution is 2.30. The lowest BCUT2D eigenvalue weighted by molar-refractivity contribution is 0.565. The van der Waals surface area contributed by atoms with E-state index in [1.807, 2.05) is 37.3 Å². The number of aromatic nitrogens is 1. The van der Waals surface area contributed by atoms with Crippen LogP contribution in [0.1, 0.15) is 46.9 Å². The topological polar surface area (TPSA) is 59.1 Å². The zero-order valence-corrected chi connectivity index (χ0v) is 14.2. The molecule has 0 aliphatic heterocycles. The lowest BCUT2D eigenvalue weighted by Crippen LogP contribution is -2.28. The molecule has 1 aliphatic rings. The van der Waals surface area contributed by atoms with Crippen LogP contribution in [0.5, 0.6) is 0 Å². The zero-order valence-electron chi connectivity index (χ0n) is 12.6. The van der Waals surface area contributed by atoms with E-state index >= 15 is 0 Å². The molecule has 0 amide bonds. The molecule has 0 saturated carbocycles. The number of benzene rings is 1. The van der Waals surface area contributed by atoms with Crippen molar-refractivity contribution in [3.05, 3.63) is 51.5 Å². The first-order valence-electron chi connectivity index (χ1n) is 7.56. The molecule has 0 radical (unpaired) electrons. The van der Waals surface area contributed by atoms with E-state index in [1.165, 1.54) is 23.4 Å². The van der Waals surface area contributed by atoms with Gasteiger partial charge in [0.2, 0.25) is 10.0 Å². The molecule has 1 aromatic carbocycles. The van der Waals surface area contributed by atoms with Crippen LogP contribution in [0.25, 0.3) is 0 Å². The molecule has 1 N–H and O–H groups in total. The Labute approximate surface area is 135 Å². The van der Waals surface area contributed by atoms with Crippen LogP contribution < -0.4 is 4.72 Å². The molecule has 1 aliphatic carbocycles. The number of rotatable bonds is 5. The average molecular weight is 336 g/mol. The minimum atomic E-state index is -3.37. The van der Waals surface area contributed by atoms with E-state index in [-0.39, 0.29) is 11.8 Å². The molecule has 0 fully saturated rings. The van der Waals surface area contributed by atoms with Gasteiger partial charge in [-0.3, -0.25) is 0 Å². The average Bonchev–Trinajstić information content (AvgIpc) is 2.91.